The number of benzene rings is 2. The van der Waals surface area contributed by atoms with Gasteiger partial charge in [-0.25, -0.2) is 4.68 Å². The van der Waals surface area contributed by atoms with E-state index in [2.05, 4.69) is 21.0 Å². The predicted molar refractivity (Wildman–Crippen MR) is 116 cm³/mol. The number of carbonyl (C=O) groups excluding carboxylic acids is 3. The number of hydrogen-bond acceptors (Lipinski definition) is 5. The van der Waals surface area contributed by atoms with Crippen LogP contribution in [0.1, 0.15) is 19.4 Å². The molecule has 3 N–H and O–H groups in total. The fourth-order valence-electron chi connectivity index (χ4n) is 3.50. The molecule has 0 spiro atoms. The van der Waals surface area contributed by atoms with Crippen molar-refractivity contribution in [2.45, 2.75) is 19.4 Å². The van der Waals surface area contributed by atoms with Gasteiger partial charge in [-0.3, -0.25) is 14.4 Å². The Morgan fingerprint density at radius 2 is 1.74 bits per heavy atom. The third-order valence-electron chi connectivity index (χ3n) is 4.90. The lowest BCUT2D eigenvalue weighted by atomic mass is 10.1. The summed E-state index contributed by atoms with van der Waals surface area (Å²) in [6, 6.07) is 13.3. The predicted octanol–water partition coefficient (Wildman–Crippen LogP) is 3.04. The molecule has 0 saturated carbocycles. The number of nitrogens with one attached hydrogen (secondary N) is 3. The van der Waals surface area contributed by atoms with Crippen LogP contribution in [0, 0.1) is 0 Å². The summed E-state index contributed by atoms with van der Waals surface area (Å²) >= 11 is 0. The Kier molecular flexibility index (Phi) is 5.40. The molecule has 0 saturated heterocycles. The Bertz CT molecular complexity index is 1150. The Morgan fingerprint density at radius 3 is 2.42 bits per heavy atom. The van der Waals surface area contributed by atoms with Gasteiger partial charge in [0.1, 0.15) is 17.6 Å². The summed E-state index contributed by atoms with van der Waals surface area (Å²) in [6.07, 6.45) is 1.58. The van der Waals surface area contributed by atoms with E-state index in [9.17, 15) is 14.4 Å². The van der Waals surface area contributed by atoms with Crippen LogP contribution >= 0.6 is 0 Å². The molecule has 0 aliphatic carbocycles. The molecule has 2 heterocycles. The number of rotatable bonds is 5. The zero-order chi connectivity index (χ0) is 22.0. The van der Waals surface area contributed by atoms with E-state index in [0.29, 0.717) is 28.5 Å². The summed E-state index contributed by atoms with van der Waals surface area (Å²) in [6.45, 7) is 1.42. The molecule has 0 fully saturated rings. The first-order valence-electron chi connectivity index (χ1n) is 9.65. The number of hydrogen-bond donors (Lipinski definition) is 3. The van der Waals surface area contributed by atoms with Crippen LogP contribution in [0.3, 0.4) is 0 Å². The molecule has 3 aromatic rings. The summed E-state index contributed by atoms with van der Waals surface area (Å²) in [4.78, 5) is 36.5. The second-order valence-electron chi connectivity index (χ2n) is 7.07. The van der Waals surface area contributed by atoms with Gasteiger partial charge < -0.3 is 20.7 Å². The molecule has 4 rings (SSSR count). The fraction of sp³-hybridized carbons (Fsp3) is 0.182. The molecule has 0 bridgehead atoms. The largest absolute Gasteiger partial charge is 0.496 e. The van der Waals surface area contributed by atoms with E-state index in [1.54, 1.807) is 37.6 Å². The van der Waals surface area contributed by atoms with Gasteiger partial charge in [0.25, 0.3) is 0 Å². The van der Waals surface area contributed by atoms with Crippen LogP contribution in [-0.2, 0) is 14.4 Å². The third-order valence-corrected chi connectivity index (χ3v) is 4.90. The van der Waals surface area contributed by atoms with Crippen LogP contribution in [0.5, 0.6) is 5.75 Å². The fourth-order valence-corrected chi connectivity index (χ4v) is 3.50. The minimum absolute atomic E-state index is 0.0319. The Hall–Kier alpha value is -4.14. The van der Waals surface area contributed by atoms with Crippen LogP contribution in [-0.4, -0.2) is 34.6 Å². The standard InChI is InChI=1S/C22H21N5O4/c1-13(28)24-14-7-9-15(10-8-14)25-22(30)18-11-20(29)26-21-17(12-23-27(18)21)16-5-3-4-6-19(16)31-2/h3-10,12,18H,11H2,1-2H3,(H,24,28)(H,25,30)(H,26,29)/t18-/m0/s1. The normalized spacial score (nSPS) is 14.9. The lowest BCUT2D eigenvalue weighted by Gasteiger charge is -2.24. The number of fused-ring (bicyclic) bond motifs is 1. The quantitative estimate of drug-likeness (QED) is 0.588. The number of para-hydroxylation sites is 1. The molecule has 1 aliphatic heterocycles. The molecule has 9 heteroatoms. The van der Waals surface area contributed by atoms with Crippen LogP contribution in [0.25, 0.3) is 11.1 Å². The maximum atomic E-state index is 13.0. The summed E-state index contributed by atoms with van der Waals surface area (Å²) in [7, 11) is 1.57. The number of methoxy groups -OCH3 is 1. The van der Waals surface area contributed by atoms with E-state index >= 15 is 0 Å². The molecule has 0 unspecified atom stereocenters. The average Bonchev–Trinajstić information content (AvgIpc) is 3.17. The highest BCUT2D eigenvalue weighted by Gasteiger charge is 2.33. The smallest absolute Gasteiger partial charge is 0.249 e. The Morgan fingerprint density at radius 1 is 1.06 bits per heavy atom. The van der Waals surface area contributed by atoms with E-state index in [0.717, 1.165) is 5.56 Å². The first-order chi connectivity index (χ1) is 15.0. The van der Waals surface area contributed by atoms with Gasteiger partial charge >= 0.3 is 0 Å². The van der Waals surface area contributed by atoms with Gasteiger partial charge in [0, 0.05) is 29.4 Å². The van der Waals surface area contributed by atoms with Crippen molar-refractivity contribution < 1.29 is 19.1 Å². The van der Waals surface area contributed by atoms with Crippen molar-refractivity contribution in [1.82, 2.24) is 9.78 Å². The molecule has 1 aliphatic rings. The first-order valence-corrected chi connectivity index (χ1v) is 9.65. The highest BCUT2D eigenvalue weighted by molar-refractivity contribution is 6.03. The van der Waals surface area contributed by atoms with Gasteiger partial charge in [0.05, 0.1) is 19.7 Å². The van der Waals surface area contributed by atoms with Gasteiger partial charge in [0.15, 0.2) is 0 Å². The number of anilines is 3. The lowest BCUT2D eigenvalue weighted by molar-refractivity contribution is -0.125. The Balaban J connectivity index is 1.60. The molecule has 31 heavy (non-hydrogen) atoms. The van der Waals surface area contributed by atoms with Gasteiger partial charge in [0.2, 0.25) is 17.7 Å². The lowest BCUT2D eigenvalue weighted by Crippen LogP contribution is -2.35. The summed E-state index contributed by atoms with van der Waals surface area (Å²) < 4.78 is 6.94. The first kappa shape index (κ1) is 20.1. The SMILES string of the molecule is COc1ccccc1-c1cnn2c1NC(=O)C[C@H]2C(=O)Nc1ccc(NC(C)=O)cc1. The third kappa shape index (κ3) is 4.11. The van der Waals surface area contributed by atoms with Crippen LogP contribution in [0.4, 0.5) is 17.2 Å². The molecule has 0 radical (unpaired) electrons. The van der Waals surface area contributed by atoms with Crippen molar-refractivity contribution in [2.24, 2.45) is 0 Å². The number of ether oxygens (including phenoxy) is 1. The van der Waals surface area contributed by atoms with Crippen molar-refractivity contribution in [3.05, 3.63) is 54.7 Å². The van der Waals surface area contributed by atoms with Crippen LogP contribution < -0.4 is 20.7 Å². The van der Waals surface area contributed by atoms with E-state index < -0.39 is 6.04 Å². The Labute approximate surface area is 178 Å². The maximum absolute atomic E-state index is 13.0. The monoisotopic (exact) mass is 419 g/mol. The summed E-state index contributed by atoms with van der Waals surface area (Å²) in [5.41, 5.74) is 2.60. The number of nitrogens with zero attached hydrogens (tertiary/aromatic N) is 2. The van der Waals surface area contributed by atoms with Crippen molar-refractivity contribution in [1.29, 1.82) is 0 Å². The van der Waals surface area contributed by atoms with E-state index in [4.69, 9.17) is 4.74 Å². The summed E-state index contributed by atoms with van der Waals surface area (Å²) in [5, 5.41) is 12.7. The number of carbonyl (C=O) groups is 3. The highest BCUT2D eigenvalue weighted by Crippen LogP contribution is 2.38. The van der Waals surface area contributed by atoms with Crippen LogP contribution in [0.15, 0.2) is 54.7 Å². The second kappa shape index (κ2) is 8.31. The minimum atomic E-state index is -0.803. The molecular weight excluding hydrogens is 398 g/mol. The zero-order valence-corrected chi connectivity index (χ0v) is 17.0. The van der Waals surface area contributed by atoms with Gasteiger partial charge in [-0.1, -0.05) is 18.2 Å². The number of amides is 3. The molecule has 158 valence electrons. The maximum Gasteiger partial charge on any atom is 0.249 e. The van der Waals surface area contributed by atoms with Crippen molar-refractivity contribution in [3.63, 3.8) is 0 Å². The summed E-state index contributed by atoms with van der Waals surface area (Å²) in [5.74, 6) is 0.269. The molecular formula is C22H21N5O4. The van der Waals surface area contributed by atoms with Crippen molar-refractivity contribution in [2.75, 3.05) is 23.1 Å². The average molecular weight is 419 g/mol. The van der Waals surface area contributed by atoms with Crippen LogP contribution in [0.2, 0.25) is 0 Å². The molecule has 9 nitrogen and oxygen atoms in total. The van der Waals surface area contributed by atoms with E-state index in [1.165, 1.54) is 11.6 Å². The number of aromatic nitrogens is 2. The van der Waals surface area contributed by atoms with Crippen molar-refractivity contribution >= 4 is 34.9 Å². The van der Waals surface area contributed by atoms with Gasteiger partial charge in [-0.2, -0.15) is 5.10 Å². The zero-order valence-electron chi connectivity index (χ0n) is 17.0. The van der Waals surface area contributed by atoms with Gasteiger partial charge in [-0.05, 0) is 30.3 Å². The van der Waals surface area contributed by atoms with Crippen molar-refractivity contribution in [3.8, 4) is 16.9 Å². The minimum Gasteiger partial charge on any atom is -0.496 e. The van der Waals surface area contributed by atoms with Gasteiger partial charge in [-0.15, -0.1) is 0 Å². The second-order valence-corrected chi connectivity index (χ2v) is 7.07. The molecule has 3 amide bonds. The highest BCUT2D eigenvalue weighted by atomic mass is 16.5. The van der Waals surface area contributed by atoms with E-state index in [1.807, 2.05) is 24.3 Å². The molecule has 1 atom stereocenters. The topological polar surface area (TPSA) is 114 Å². The molecule has 2 aromatic carbocycles. The van der Waals surface area contributed by atoms with E-state index in [-0.39, 0.29) is 24.1 Å². The molecule has 1 aromatic heterocycles.